The van der Waals surface area contributed by atoms with E-state index in [9.17, 15) is 9.90 Å². The van der Waals surface area contributed by atoms with Gasteiger partial charge >= 0.3 is 0 Å². The van der Waals surface area contributed by atoms with E-state index in [-0.39, 0.29) is 6.42 Å². The Balaban J connectivity index is 1.93. The molecule has 0 aliphatic carbocycles. The molecule has 1 aliphatic rings. The van der Waals surface area contributed by atoms with Gasteiger partial charge in [0.05, 0.1) is 33.2 Å². The van der Waals surface area contributed by atoms with E-state index in [1.54, 1.807) is 4.90 Å². The molecule has 1 fully saturated rings. The molecule has 2 rings (SSSR count). The van der Waals surface area contributed by atoms with E-state index in [2.05, 4.69) is 24.1 Å². The number of hydrogen-bond donors (Lipinski definition) is 1. The molecule has 4 heteroatoms. The molecular formula is C14H20N2O2. The third-order valence-corrected chi connectivity index (χ3v) is 3.54. The van der Waals surface area contributed by atoms with Crippen LogP contribution in [0.1, 0.15) is 12.0 Å². The quantitative estimate of drug-likeness (QED) is 0.721. The van der Waals surface area contributed by atoms with Gasteiger partial charge < -0.3 is 19.7 Å². The van der Waals surface area contributed by atoms with Gasteiger partial charge in [0, 0.05) is 11.7 Å². The van der Waals surface area contributed by atoms with Crippen molar-refractivity contribution in [3.63, 3.8) is 0 Å². The molecule has 0 spiro atoms. The van der Waals surface area contributed by atoms with Crippen LogP contribution in [0.5, 0.6) is 0 Å². The van der Waals surface area contributed by atoms with E-state index in [1.807, 2.05) is 12.1 Å². The number of aryl methyl sites for hydroxylation is 1. The van der Waals surface area contributed by atoms with Gasteiger partial charge in [-0.2, -0.15) is 0 Å². The SMILES string of the molecule is C[NH+]1CCN(c2ccc(CCC(=O)[O-])cc2)CC1. The minimum atomic E-state index is -0.985. The first-order chi connectivity index (χ1) is 8.65. The predicted octanol–water partition coefficient (Wildman–Crippen LogP) is -1.30. The fraction of sp³-hybridized carbons (Fsp3) is 0.500. The van der Waals surface area contributed by atoms with Crippen molar-refractivity contribution in [2.45, 2.75) is 12.8 Å². The van der Waals surface area contributed by atoms with Crippen LogP contribution in [0.15, 0.2) is 24.3 Å². The van der Waals surface area contributed by atoms with E-state index in [0.717, 1.165) is 18.7 Å². The fourth-order valence-electron chi connectivity index (χ4n) is 2.27. The van der Waals surface area contributed by atoms with Gasteiger partial charge in [0.15, 0.2) is 0 Å². The zero-order valence-corrected chi connectivity index (χ0v) is 10.8. The summed E-state index contributed by atoms with van der Waals surface area (Å²) in [6.45, 7) is 4.52. The second-order valence-corrected chi connectivity index (χ2v) is 4.98. The van der Waals surface area contributed by atoms with E-state index < -0.39 is 5.97 Å². The first kappa shape index (κ1) is 12.9. The fourth-order valence-corrected chi connectivity index (χ4v) is 2.27. The number of nitrogens with zero attached hydrogens (tertiary/aromatic N) is 1. The monoisotopic (exact) mass is 248 g/mol. The average Bonchev–Trinajstić information content (AvgIpc) is 2.38. The molecule has 0 radical (unpaired) electrons. The topological polar surface area (TPSA) is 47.8 Å². The standard InChI is InChI=1S/C14H20N2O2/c1-15-8-10-16(11-9-15)13-5-2-12(3-6-13)4-7-14(17)18/h2-3,5-6H,4,7-11H2,1H3,(H,17,18). The van der Waals surface area contributed by atoms with E-state index in [4.69, 9.17) is 0 Å². The van der Waals surface area contributed by atoms with Crippen molar-refractivity contribution in [3.8, 4) is 0 Å². The molecule has 4 nitrogen and oxygen atoms in total. The van der Waals surface area contributed by atoms with Crippen LogP contribution >= 0.6 is 0 Å². The molecule has 1 saturated heterocycles. The Morgan fingerprint density at radius 3 is 2.44 bits per heavy atom. The maximum Gasteiger partial charge on any atom is 0.0947 e. The summed E-state index contributed by atoms with van der Waals surface area (Å²) in [5.41, 5.74) is 2.29. The molecule has 1 aromatic carbocycles. The van der Waals surface area contributed by atoms with E-state index in [0.29, 0.717) is 6.42 Å². The second-order valence-electron chi connectivity index (χ2n) is 4.98. The van der Waals surface area contributed by atoms with Gasteiger partial charge in [0.1, 0.15) is 0 Å². The number of hydrogen-bond acceptors (Lipinski definition) is 3. The molecule has 0 saturated carbocycles. The van der Waals surface area contributed by atoms with Crippen molar-refractivity contribution in [3.05, 3.63) is 29.8 Å². The van der Waals surface area contributed by atoms with Crippen molar-refractivity contribution in [1.29, 1.82) is 0 Å². The number of quaternary nitrogens is 1. The van der Waals surface area contributed by atoms with Gasteiger partial charge in [-0.05, 0) is 30.5 Å². The Bertz CT molecular complexity index is 395. The molecule has 0 unspecified atom stereocenters. The van der Waals surface area contributed by atoms with Crippen molar-refractivity contribution in [2.75, 3.05) is 38.1 Å². The normalized spacial score (nSPS) is 16.8. The zero-order valence-electron chi connectivity index (χ0n) is 10.8. The van der Waals surface area contributed by atoms with Crippen molar-refractivity contribution in [2.24, 2.45) is 0 Å². The van der Waals surface area contributed by atoms with Gasteiger partial charge in [0.2, 0.25) is 0 Å². The summed E-state index contributed by atoms with van der Waals surface area (Å²) >= 11 is 0. The van der Waals surface area contributed by atoms with Crippen LogP contribution < -0.4 is 14.9 Å². The molecule has 1 aromatic rings. The molecule has 0 bridgehead atoms. The molecular weight excluding hydrogens is 228 g/mol. The molecule has 1 aliphatic heterocycles. The van der Waals surface area contributed by atoms with Crippen LogP contribution in [0.25, 0.3) is 0 Å². The lowest BCUT2D eigenvalue weighted by atomic mass is 10.1. The Morgan fingerprint density at radius 1 is 1.28 bits per heavy atom. The molecule has 0 aromatic heterocycles. The third kappa shape index (κ3) is 3.47. The molecule has 0 atom stereocenters. The number of anilines is 1. The van der Waals surface area contributed by atoms with Crippen LogP contribution in [0.4, 0.5) is 5.69 Å². The smallest absolute Gasteiger partial charge is 0.0947 e. The average molecular weight is 248 g/mol. The summed E-state index contributed by atoms with van der Waals surface area (Å²) in [5.74, 6) is -0.985. The molecule has 98 valence electrons. The number of benzene rings is 1. The predicted molar refractivity (Wildman–Crippen MR) is 68.6 cm³/mol. The first-order valence-electron chi connectivity index (χ1n) is 6.50. The Hall–Kier alpha value is -1.55. The van der Waals surface area contributed by atoms with Crippen LogP contribution in [0.2, 0.25) is 0 Å². The highest BCUT2D eigenvalue weighted by molar-refractivity contribution is 5.64. The second kappa shape index (κ2) is 5.87. The molecule has 18 heavy (non-hydrogen) atoms. The number of carboxylic acid groups (broad SMARTS) is 1. The summed E-state index contributed by atoms with van der Waals surface area (Å²) < 4.78 is 0. The van der Waals surface area contributed by atoms with Crippen molar-refractivity contribution < 1.29 is 14.8 Å². The molecule has 1 heterocycles. The van der Waals surface area contributed by atoms with Gasteiger partial charge in [-0.1, -0.05) is 12.1 Å². The zero-order chi connectivity index (χ0) is 13.0. The Kier molecular flexibility index (Phi) is 4.20. The third-order valence-electron chi connectivity index (χ3n) is 3.54. The number of aliphatic carboxylic acids is 1. The molecule has 0 amide bonds. The van der Waals surface area contributed by atoms with E-state index in [1.165, 1.54) is 18.8 Å². The Labute approximate surface area is 108 Å². The summed E-state index contributed by atoms with van der Waals surface area (Å²) in [6, 6.07) is 8.21. The largest absolute Gasteiger partial charge is 0.550 e. The lowest BCUT2D eigenvalue weighted by molar-refractivity contribution is -0.880. The maximum absolute atomic E-state index is 10.4. The minimum absolute atomic E-state index is 0.0945. The van der Waals surface area contributed by atoms with Gasteiger partial charge in [-0.15, -0.1) is 0 Å². The van der Waals surface area contributed by atoms with Crippen LogP contribution in [0.3, 0.4) is 0 Å². The number of piperazine rings is 1. The molecule has 1 N–H and O–H groups in total. The van der Waals surface area contributed by atoms with Crippen LogP contribution in [-0.4, -0.2) is 39.2 Å². The highest BCUT2D eigenvalue weighted by atomic mass is 16.4. The summed E-state index contributed by atoms with van der Waals surface area (Å²) in [6.07, 6.45) is 0.646. The number of likely N-dealkylation sites (N-methyl/N-ethyl adjacent to an activating group) is 1. The van der Waals surface area contributed by atoms with Crippen LogP contribution in [0, 0.1) is 0 Å². The van der Waals surface area contributed by atoms with Crippen molar-refractivity contribution in [1.82, 2.24) is 0 Å². The van der Waals surface area contributed by atoms with Gasteiger partial charge in [-0.3, -0.25) is 0 Å². The summed E-state index contributed by atoms with van der Waals surface area (Å²) in [5, 5.41) is 10.4. The highest BCUT2D eigenvalue weighted by Gasteiger charge is 2.16. The lowest BCUT2D eigenvalue weighted by Crippen LogP contribution is -3.12. The number of nitrogens with one attached hydrogen (secondary N) is 1. The van der Waals surface area contributed by atoms with Gasteiger partial charge in [-0.25, -0.2) is 0 Å². The number of carbonyl (C=O) groups is 1. The maximum atomic E-state index is 10.4. The lowest BCUT2D eigenvalue weighted by Gasteiger charge is -2.31. The minimum Gasteiger partial charge on any atom is -0.550 e. The number of carbonyl (C=O) groups excluding carboxylic acids is 1. The highest BCUT2D eigenvalue weighted by Crippen LogP contribution is 2.16. The summed E-state index contributed by atoms with van der Waals surface area (Å²) in [7, 11) is 2.22. The number of rotatable bonds is 4. The summed E-state index contributed by atoms with van der Waals surface area (Å²) in [4.78, 5) is 14.4. The Morgan fingerprint density at radius 2 is 1.89 bits per heavy atom. The van der Waals surface area contributed by atoms with Crippen LogP contribution in [-0.2, 0) is 11.2 Å². The van der Waals surface area contributed by atoms with Crippen molar-refractivity contribution >= 4 is 11.7 Å². The number of carboxylic acids is 1. The first-order valence-corrected chi connectivity index (χ1v) is 6.50. The van der Waals surface area contributed by atoms with E-state index >= 15 is 0 Å². The van der Waals surface area contributed by atoms with Gasteiger partial charge in [0.25, 0.3) is 0 Å².